The first kappa shape index (κ1) is 27.9. The summed E-state index contributed by atoms with van der Waals surface area (Å²) < 4.78 is 64.2. The van der Waals surface area contributed by atoms with Gasteiger partial charge in [0, 0.05) is 11.6 Å². The van der Waals surface area contributed by atoms with Gasteiger partial charge in [0.15, 0.2) is 0 Å². The third kappa shape index (κ3) is 10.1. The monoisotopic (exact) mass is 522 g/mol. The Kier molecular flexibility index (Phi) is 10.6. The summed E-state index contributed by atoms with van der Waals surface area (Å²) in [5, 5.41) is 16.2. The summed E-state index contributed by atoms with van der Waals surface area (Å²) in [5.41, 5.74) is 5.45. The average molecular weight is 523 g/mol. The zero-order valence-corrected chi connectivity index (χ0v) is 18.6. The molecule has 0 saturated carbocycles. The molecular weight excluding hydrogens is 501 g/mol. The van der Waals surface area contributed by atoms with Crippen molar-refractivity contribution >= 4 is 49.3 Å². The van der Waals surface area contributed by atoms with Crippen molar-refractivity contribution < 1.29 is 46.1 Å². The van der Waals surface area contributed by atoms with Gasteiger partial charge < -0.3 is 20.7 Å². The molecule has 1 aromatic rings. The molecule has 0 aliphatic heterocycles. The van der Waals surface area contributed by atoms with E-state index in [1.54, 1.807) is 0 Å². The van der Waals surface area contributed by atoms with Gasteiger partial charge in [-0.05, 0) is 24.5 Å². The van der Waals surface area contributed by atoms with Gasteiger partial charge in [0.1, 0.15) is 0 Å². The van der Waals surface area contributed by atoms with Gasteiger partial charge in [0.2, 0.25) is 10.0 Å². The summed E-state index contributed by atoms with van der Waals surface area (Å²) in [6.45, 7) is 3.94. The number of nitrogen functional groups attached to an aromatic ring is 1. The van der Waals surface area contributed by atoms with Gasteiger partial charge in [0.05, 0.1) is 28.8 Å². The zero-order valence-electron chi connectivity index (χ0n) is 16.2. The minimum absolute atomic E-state index is 0.0242. The number of carbonyl (C=O) groups is 2. The van der Waals surface area contributed by atoms with Gasteiger partial charge in [-0.25, -0.2) is 18.0 Å². The Hall–Kier alpha value is -2.06. The molecule has 0 bridgehead atoms. The van der Waals surface area contributed by atoms with Gasteiger partial charge in [0.25, 0.3) is 0 Å². The van der Waals surface area contributed by atoms with E-state index in [1.807, 2.05) is 13.8 Å². The van der Waals surface area contributed by atoms with Crippen molar-refractivity contribution in [3.63, 3.8) is 0 Å². The second kappa shape index (κ2) is 11.4. The van der Waals surface area contributed by atoms with E-state index in [0.29, 0.717) is 10.9 Å². The first-order valence-electron chi connectivity index (χ1n) is 8.15. The van der Waals surface area contributed by atoms with Gasteiger partial charge in [-0.3, -0.25) is 4.72 Å². The van der Waals surface area contributed by atoms with Crippen LogP contribution >= 0.6 is 15.9 Å². The highest BCUT2D eigenvalue weighted by molar-refractivity contribution is 9.10. The Morgan fingerprint density at radius 1 is 1.27 bits per heavy atom. The molecule has 0 amide bonds. The number of alkyl halides is 3. The molecule has 0 spiro atoms. The molecule has 1 rings (SSSR count). The fraction of sp³-hybridized carbons (Fsp3) is 0.500. The summed E-state index contributed by atoms with van der Waals surface area (Å²) in [5.74, 6) is -3.95. The van der Waals surface area contributed by atoms with Gasteiger partial charge in [-0.1, -0.05) is 29.8 Å². The maximum absolute atomic E-state index is 12.3. The van der Waals surface area contributed by atoms with Crippen LogP contribution in [0.25, 0.3) is 0 Å². The first-order chi connectivity index (χ1) is 13.5. The molecule has 0 aromatic heterocycles. The predicted molar refractivity (Wildman–Crippen MR) is 107 cm³/mol. The molecule has 0 aliphatic rings. The quantitative estimate of drug-likeness (QED) is 0.379. The lowest BCUT2D eigenvalue weighted by atomic mass is 10.1. The van der Waals surface area contributed by atoms with E-state index in [1.165, 1.54) is 19.2 Å². The van der Waals surface area contributed by atoms with E-state index >= 15 is 0 Å². The fourth-order valence-corrected chi connectivity index (χ4v) is 3.90. The standard InChI is InChI=1S/C14H21BrN2O5S.C2HF3O2/c1-8(2)4-10(22-3)7-23(20,21)17-12-6-9(15)5-11(13(12)16)14(18)19;3-2(4,5)1(6)7/h5-6,8,10,17H,4,7,16H2,1-3H3,(H,18,19);(H,6,7). The van der Waals surface area contributed by atoms with Crippen molar-refractivity contribution in [1.82, 2.24) is 0 Å². The molecule has 0 radical (unpaired) electrons. The minimum Gasteiger partial charge on any atom is -0.478 e. The van der Waals surface area contributed by atoms with Crippen LogP contribution in [-0.4, -0.2) is 55.7 Å². The number of carboxylic acid groups (broad SMARTS) is 2. The van der Waals surface area contributed by atoms with Crippen LogP contribution in [-0.2, 0) is 19.6 Å². The SMILES string of the molecule is COC(CC(C)C)CS(=O)(=O)Nc1cc(Br)cc(C(=O)O)c1N.O=C(O)C(F)(F)F. The lowest BCUT2D eigenvalue weighted by Crippen LogP contribution is -2.29. The highest BCUT2D eigenvalue weighted by Crippen LogP contribution is 2.29. The average Bonchev–Trinajstić information content (AvgIpc) is 2.55. The minimum atomic E-state index is -5.08. The maximum atomic E-state index is 12.3. The third-order valence-corrected chi connectivity index (χ3v) is 5.16. The number of hydrogen-bond acceptors (Lipinski definition) is 6. The Balaban J connectivity index is 0.00000103. The summed E-state index contributed by atoms with van der Waals surface area (Å²) in [6, 6.07) is 2.73. The van der Waals surface area contributed by atoms with E-state index in [0.717, 1.165) is 0 Å². The Bertz CT molecular complexity index is 861. The Morgan fingerprint density at radius 2 is 1.77 bits per heavy atom. The molecule has 1 aromatic carbocycles. The second-order valence-corrected chi connectivity index (χ2v) is 9.08. The number of nitrogens with two attached hydrogens (primary N) is 1. The van der Waals surface area contributed by atoms with Crippen LogP contribution in [0, 0.1) is 5.92 Å². The number of nitrogens with one attached hydrogen (secondary N) is 1. The molecule has 0 aliphatic carbocycles. The normalized spacial score (nSPS) is 12.7. The van der Waals surface area contributed by atoms with Crippen LogP contribution in [0.4, 0.5) is 24.5 Å². The number of rotatable bonds is 8. The highest BCUT2D eigenvalue weighted by atomic mass is 79.9. The molecule has 0 heterocycles. The Morgan fingerprint density at radius 3 is 2.13 bits per heavy atom. The summed E-state index contributed by atoms with van der Waals surface area (Å²) in [7, 11) is -2.29. The molecule has 172 valence electrons. The van der Waals surface area contributed by atoms with Crippen LogP contribution in [0.5, 0.6) is 0 Å². The maximum Gasteiger partial charge on any atom is 0.490 e. The third-order valence-electron chi connectivity index (χ3n) is 3.36. The topological polar surface area (TPSA) is 156 Å². The molecule has 14 heteroatoms. The summed E-state index contributed by atoms with van der Waals surface area (Å²) in [4.78, 5) is 20.0. The Labute approximate surface area is 179 Å². The van der Waals surface area contributed by atoms with E-state index in [2.05, 4.69) is 20.7 Å². The number of carboxylic acids is 2. The number of sulfonamides is 1. The highest BCUT2D eigenvalue weighted by Gasteiger charge is 2.38. The van der Waals surface area contributed by atoms with Crippen molar-refractivity contribution in [2.45, 2.75) is 32.5 Å². The van der Waals surface area contributed by atoms with Crippen LogP contribution < -0.4 is 10.5 Å². The van der Waals surface area contributed by atoms with Gasteiger partial charge in [-0.15, -0.1) is 0 Å². The fourth-order valence-electron chi connectivity index (χ4n) is 2.09. The molecule has 1 unspecified atom stereocenters. The van der Waals surface area contributed by atoms with Crippen molar-refractivity contribution in [2.24, 2.45) is 5.92 Å². The molecule has 5 N–H and O–H groups in total. The second-order valence-electron chi connectivity index (χ2n) is 6.39. The van der Waals surface area contributed by atoms with Crippen LogP contribution in [0.3, 0.4) is 0 Å². The molecule has 1 atom stereocenters. The number of ether oxygens (including phenoxy) is 1. The lowest BCUT2D eigenvalue weighted by molar-refractivity contribution is -0.192. The van der Waals surface area contributed by atoms with Crippen LogP contribution in [0.15, 0.2) is 16.6 Å². The van der Waals surface area contributed by atoms with E-state index < -0.39 is 34.2 Å². The number of halogens is 4. The smallest absolute Gasteiger partial charge is 0.478 e. The largest absolute Gasteiger partial charge is 0.490 e. The van der Waals surface area contributed by atoms with Crippen molar-refractivity contribution in [1.29, 1.82) is 0 Å². The number of aliphatic carboxylic acids is 1. The van der Waals surface area contributed by atoms with Crippen LogP contribution in [0.1, 0.15) is 30.6 Å². The van der Waals surface area contributed by atoms with Crippen molar-refractivity contribution in [2.75, 3.05) is 23.3 Å². The van der Waals surface area contributed by atoms with Crippen molar-refractivity contribution in [3.05, 3.63) is 22.2 Å². The molecule has 30 heavy (non-hydrogen) atoms. The van der Waals surface area contributed by atoms with Crippen LogP contribution in [0.2, 0.25) is 0 Å². The number of anilines is 2. The van der Waals surface area contributed by atoms with E-state index in [9.17, 15) is 26.4 Å². The number of aromatic carboxylic acids is 1. The molecule has 0 saturated heterocycles. The number of benzene rings is 1. The molecule has 9 nitrogen and oxygen atoms in total. The molecule has 0 fully saturated rings. The molecular formula is C16H22BrF3N2O7S. The van der Waals surface area contributed by atoms with Gasteiger partial charge >= 0.3 is 18.1 Å². The first-order valence-corrected chi connectivity index (χ1v) is 10.6. The number of hydrogen-bond donors (Lipinski definition) is 4. The van der Waals surface area contributed by atoms with Gasteiger partial charge in [-0.2, -0.15) is 13.2 Å². The summed E-state index contributed by atoms with van der Waals surface area (Å²) in [6.07, 6.45) is -4.95. The van der Waals surface area contributed by atoms with Crippen molar-refractivity contribution in [3.8, 4) is 0 Å². The predicted octanol–water partition coefficient (Wildman–Crippen LogP) is 3.17. The van der Waals surface area contributed by atoms with E-state index in [-0.39, 0.29) is 28.6 Å². The number of methoxy groups -OCH3 is 1. The summed E-state index contributed by atoms with van der Waals surface area (Å²) >= 11 is 3.14. The lowest BCUT2D eigenvalue weighted by Gasteiger charge is -2.19. The zero-order chi connectivity index (χ0) is 23.9. The van der Waals surface area contributed by atoms with E-state index in [4.69, 9.17) is 25.5 Å².